The van der Waals surface area contributed by atoms with Gasteiger partial charge in [-0.05, 0) is 52.7 Å². The maximum atomic E-state index is 4.32. The van der Waals surface area contributed by atoms with E-state index in [1.54, 1.807) is 0 Å². The van der Waals surface area contributed by atoms with Gasteiger partial charge in [0.2, 0.25) is 0 Å². The van der Waals surface area contributed by atoms with Crippen molar-refractivity contribution in [1.82, 2.24) is 4.98 Å². The lowest BCUT2D eigenvalue weighted by Crippen LogP contribution is -2.05. The predicted molar refractivity (Wildman–Crippen MR) is 141 cm³/mol. The van der Waals surface area contributed by atoms with E-state index in [9.17, 15) is 0 Å². The van der Waals surface area contributed by atoms with Crippen LogP contribution in [0.4, 0.5) is 0 Å². The van der Waals surface area contributed by atoms with Crippen LogP contribution in [0.3, 0.4) is 0 Å². The Morgan fingerprint density at radius 2 is 1.39 bits per heavy atom. The molecule has 0 N–H and O–H groups in total. The van der Waals surface area contributed by atoms with Crippen LogP contribution in [0.5, 0.6) is 0 Å². The van der Waals surface area contributed by atoms with E-state index in [0.29, 0.717) is 11.8 Å². The van der Waals surface area contributed by atoms with Crippen LogP contribution in [-0.2, 0) is 6.42 Å². The lowest BCUT2D eigenvalue weighted by molar-refractivity contribution is 0.847. The fourth-order valence-electron chi connectivity index (χ4n) is 3.65. The van der Waals surface area contributed by atoms with E-state index in [-0.39, 0.29) is 0 Å². The highest BCUT2D eigenvalue weighted by Crippen LogP contribution is 2.32. The summed E-state index contributed by atoms with van der Waals surface area (Å²) in [6.07, 6.45) is 5.14. The predicted octanol–water partition coefficient (Wildman–Crippen LogP) is 9.25. The van der Waals surface area contributed by atoms with Crippen LogP contribution in [-0.4, -0.2) is 4.98 Å². The summed E-state index contributed by atoms with van der Waals surface area (Å²) in [7, 11) is 0. The molecule has 0 saturated carbocycles. The maximum absolute atomic E-state index is 4.32. The molecule has 166 valence electrons. The van der Waals surface area contributed by atoms with Gasteiger partial charge in [-0.15, -0.1) is 0 Å². The van der Waals surface area contributed by atoms with Crippen LogP contribution in [0.1, 0.15) is 78.0 Å². The molecule has 0 aliphatic heterocycles. The molecule has 0 atom stereocenters. The molecule has 0 bridgehead atoms. The Hall–Kier alpha value is -2.67. The highest BCUT2D eigenvalue weighted by Gasteiger charge is 2.15. The van der Waals surface area contributed by atoms with Gasteiger partial charge in [0.1, 0.15) is 0 Å². The summed E-state index contributed by atoms with van der Waals surface area (Å²) in [5, 5.41) is 1.28. The van der Waals surface area contributed by atoms with Crippen molar-refractivity contribution < 1.29 is 0 Å². The first-order valence-corrected chi connectivity index (χ1v) is 11.8. The molecule has 0 fully saturated rings. The third-order valence-corrected chi connectivity index (χ3v) is 5.03. The number of fused-ring (bicyclic) bond motifs is 2. The third kappa shape index (κ3) is 7.21. The number of para-hydroxylation sites is 1. The molecule has 1 nitrogen and oxygen atoms in total. The van der Waals surface area contributed by atoms with Gasteiger partial charge in [0, 0.05) is 11.6 Å². The zero-order valence-electron chi connectivity index (χ0n) is 20.9. The Kier molecular flexibility index (Phi) is 11.6. The molecule has 1 heteroatoms. The van der Waals surface area contributed by atoms with Crippen molar-refractivity contribution in [2.75, 3.05) is 0 Å². The Labute approximate surface area is 190 Å². The smallest absolute Gasteiger partial charge is 0.0704 e. The third-order valence-electron chi connectivity index (χ3n) is 5.03. The molecule has 0 amide bonds. The van der Waals surface area contributed by atoms with Gasteiger partial charge < -0.3 is 0 Å². The van der Waals surface area contributed by atoms with Crippen LogP contribution in [0, 0.1) is 5.92 Å². The van der Waals surface area contributed by atoms with E-state index in [1.165, 1.54) is 33.2 Å². The van der Waals surface area contributed by atoms with E-state index >= 15 is 0 Å². The second-order valence-corrected chi connectivity index (χ2v) is 7.82. The zero-order chi connectivity index (χ0) is 23.4. The first-order chi connectivity index (χ1) is 15.0. The topological polar surface area (TPSA) is 12.9 Å². The Balaban J connectivity index is 0.000000268. The second kappa shape index (κ2) is 13.6. The summed E-state index contributed by atoms with van der Waals surface area (Å²) in [5.74, 6) is 1.14. The largest absolute Gasteiger partial charge is 0.256 e. The minimum absolute atomic E-state index is 0.563. The first-order valence-electron chi connectivity index (χ1n) is 11.8. The molecule has 0 radical (unpaired) electrons. The van der Waals surface area contributed by atoms with Gasteiger partial charge in [0.25, 0.3) is 0 Å². The molecule has 1 aromatic heterocycles. The molecule has 31 heavy (non-hydrogen) atoms. The molecule has 2 aromatic carbocycles. The van der Waals surface area contributed by atoms with E-state index in [4.69, 9.17) is 0 Å². The average molecular weight is 416 g/mol. The van der Waals surface area contributed by atoms with Gasteiger partial charge in [0.05, 0.1) is 5.52 Å². The van der Waals surface area contributed by atoms with E-state index in [2.05, 4.69) is 93.9 Å². The molecule has 0 saturated heterocycles. The number of hydrogen-bond donors (Lipinski definition) is 0. The standard InChI is InChI=1S/C14H16.C12H13N.2C2H6/c1-10(2)14-9-11(3)8-12-6-4-5-7-13(12)14;1-9(2)10-7-8-13-12-6-4-3-5-11(10)12;2*1-2/h4-7,9-10H,3,8H2,1-2H3;3-9H,1-2H3;2*1-2H3. The summed E-state index contributed by atoms with van der Waals surface area (Å²) in [6, 6.07) is 19.0. The van der Waals surface area contributed by atoms with Crippen molar-refractivity contribution in [3.8, 4) is 0 Å². The van der Waals surface area contributed by atoms with E-state index < -0.39 is 0 Å². The van der Waals surface area contributed by atoms with Crippen LogP contribution >= 0.6 is 0 Å². The van der Waals surface area contributed by atoms with Crippen molar-refractivity contribution >= 4 is 16.5 Å². The van der Waals surface area contributed by atoms with Gasteiger partial charge in [-0.25, -0.2) is 0 Å². The minimum Gasteiger partial charge on any atom is -0.256 e. The minimum atomic E-state index is 0.563. The van der Waals surface area contributed by atoms with Gasteiger partial charge in [-0.1, -0.05) is 116 Å². The molecular formula is C30H41N. The van der Waals surface area contributed by atoms with Crippen LogP contribution in [0.2, 0.25) is 0 Å². The normalized spacial score (nSPS) is 11.9. The fraction of sp³-hybridized carbons (Fsp3) is 0.367. The molecule has 1 heterocycles. The maximum Gasteiger partial charge on any atom is 0.0704 e. The number of pyridine rings is 1. The van der Waals surface area contributed by atoms with E-state index in [1.807, 2.05) is 40.0 Å². The molecule has 1 aliphatic rings. The van der Waals surface area contributed by atoms with Crippen molar-refractivity contribution in [1.29, 1.82) is 0 Å². The summed E-state index contributed by atoms with van der Waals surface area (Å²) in [4.78, 5) is 4.32. The Morgan fingerprint density at radius 3 is 2.03 bits per heavy atom. The molecule has 3 aromatic rings. The quantitative estimate of drug-likeness (QED) is 0.406. The summed E-state index contributed by atoms with van der Waals surface area (Å²) in [6.45, 7) is 21.0. The number of benzene rings is 2. The Morgan fingerprint density at radius 1 is 0.774 bits per heavy atom. The van der Waals surface area contributed by atoms with Gasteiger partial charge in [-0.2, -0.15) is 0 Å². The highest BCUT2D eigenvalue weighted by molar-refractivity contribution is 5.82. The zero-order valence-corrected chi connectivity index (χ0v) is 20.9. The summed E-state index contributed by atoms with van der Waals surface area (Å²) in [5.41, 5.74) is 7.96. The average Bonchev–Trinajstić information content (AvgIpc) is 2.81. The van der Waals surface area contributed by atoms with Crippen molar-refractivity contribution in [2.45, 2.75) is 67.7 Å². The van der Waals surface area contributed by atoms with Crippen LogP contribution in [0.25, 0.3) is 16.5 Å². The molecule has 4 rings (SSSR count). The van der Waals surface area contributed by atoms with Gasteiger partial charge in [0.15, 0.2) is 0 Å². The SMILES string of the molecule is C=C1C=C(C(C)C)c2ccccc2C1.CC.CC.CC(C)c1ccnc2ccccc12. The Bertz CT molecular complexity index is 971. The van der Waals surface area contributed by atoms with Crippen molar-refractivity contribution in [3.63, 3.8) is 0 Å². The molecular weight excluding hydrogens is 374 g/mol. The molecule has 0 unspecified atom stereocenters. The monoisotopic (exact) mass is 415 g/mol. The number of rotatable bonds is 2. The summed E-state index contributed by atoms with van der Waals surface area (Å²) < 4.78 is 0. The van der Waals surface area contributed by atoms with Crippen molar-refractivity contribution in [2.24, 2.45) is 5.92 Å². The lowest BCUT2D eigenvalue weighted by atomic mass is 9.84. The number of allylic oxidation sites excluding steroid dienone is 3. The van der Waals surface area contributed by atoms with Crippen LogP contribution in [0.15, 0.2) is 79.0 Å². The van der Waals surface area contributed by atoms with Crippen molar-refractivity contribution in [3.05, 3.63) is 95.7 Å². The molecule has 1 aliphatic carbocycles. The summed E-state index contributed by atoms with van der Waals surface area (Å²) >= 11 is 0. The highest BCUT2D eigenvalue weighted by atomic mass is 14.6. The van der Waals surface area contributed by atoms with Gasteiger partial charge >= 0.3 is 0 Å². The lowest BCUT2D eigenvalue weighted by Gasteiger charge is -2.21. The number of nitrogens with zero attached hydrogens (tertiary/aromatic N) is 1. The molecule has 0 spiro atoms. The number of hydrogen-bond acceptors (Lipinski definition) is 1. The second-order valence-electron chi connectivity index (χ2n) is 7.82. The van der Waals surface area contributed by atoms with Gasteiger partial charge in [-0.3, -0.25) is 4.98 Å². The van der Waals surface area contributed by atoms with E-state index in [0.717, 1.165) is 11.9 Å². The van der Waals surface area contributed by atoms with Crippen LogP contribution < -0.4 is 0 Å². The number of aromatic nitrogens is 1. The first kappa shape index (κ1) is 26.4. The fourth-order valence-corrected chi connectivity index (χ4v) is 3.65.